The van der Waals surface area contributed by atoms with Crippen LogP contribution in [0.25, 0.3) is 22.3 Å². The molecule has 1 aliphatic rings. The number of hydrogen-bond acceptors (Lipinski definition) is 0. The highest BCUT2D eigenvalue weighted by Crippen LogP contribution is 2.47. The second-order valence-electron chi connectivity index (χ2n) is 6.46. The second-order valence-corrected chi connectivity index (χ2v) is 6.46. The molecule has 3 aromatic rings. The van der Waals surface area contributed by atoms with Crippen LogP contribution in [-0.2, 0) is 0 Å². The summed E-state index contributed by atoms with van der Waals surface area (Å²) in [5.74, 6) is 0. The maximum atomic E-state index is 2.33. The Morgan fingerprint density at radius 1 is 0.609 bits per heavy atom. The van der Waals surface area contributed by atoms with Gasteiger partial charge in [-0.15, -0.1) is 0 Å². The van der Waals surface area contributed by atoms with Crippen molar-refractivity contribution in [3.05, 3.63) is 94.5 Å². The van der Waals surface area contributed by atoms with Crippen LogP contribution in [-0.4, -0.2) is 0 Å². The second kappa shape index (κ2) is 5.24. The van der Waals surface area contributed by atoms with Gasteiger partial charge in [0.25, 0.3) is 0 Å². The van der Waals surface area contributed by atoms with Crippen molar-refractivity contribution in [2.45, 2.75) is 20.8 Å². The fraction of sp³-hybridized carbons (Fsp3) is 0.130. The Bertz CT molecular complexity index is 874. The van der Waals surface area contributed by atoms with Gasteiger partial charge in [-0.3, -0.25) is 0 Å². The summed E-state index contributed by atoms with van der Waals surface area (Å²) in [5.41, 5.74) is 12.1. The van der Waals surface area contributed by atoms with Crippen molar-refractivity contribution in [1.82, 2.24) is 0 Å². The third kappa shape index (κ3) is 2.22. The van der Waals surface area contributed by atoms with E-state index in [1.807, 2.05) is 0 Å². The zero-order valence-electron chi connectivity index (χ0n) is 13.9. The van der Waals surface area contributed by atoms with Gasteiger partial charge in [0.05, 0.1) is 0 Å². The number of rotatable bonds is 1. The molecule has 0 N–H and O–H groups in total. The summed E-state index contributed by atoms with van der Waals surface area (Å²) >= 11 is 0. The Morgan fingerprint density at radius 2 is 1.13 bits per heavy atom. The van der Waals surface area contributed by atoms with E-state index in [4.69, 9.17) is 0 Å². The molecule has 1 aliphatic carbocycles. The van der Waals surface area contributed by atoms with E-state index in [1.54, 1.807) is 0 Å². The largest absolute Gasteiger partial charge is 0.0622 e. The first kappa shape index (κ1) is 14.0. The van der Waals surface area contributed by atoms with Crippen molar-refractivity contribution in [2.24, 2.45) is 0 Å². The highest BCUT2D eigenvalue weighted by Gasteiger charge is 2.25. The van der Waals surface area contributed by atoms with Crippen molar-refractivity contribution < 1.29 is 0 Å². The molecule has 0 unspecified atom stereocenters. The van der Waals surface area contributed by atoms with Gasteiger partial charge in [-0.1, -0.05) is 77.9 Å². The minimum Gasteiger partial charge on any atom is -0.0622 e. The molecule has 0 heterocycles. The van der Waals surface area contributed by atoms with E-state index >= 15 is 0 Å². The van der Waals surface area contributed by atoms with Gasteiger partial charge >= 0.3 is 0 Å². The number of benzene rings is 3. The average Bonchev–Trinajstić information content (AvgIpc) is 2.87. The lowest BCUT2D eigenvalue weighted by Gasteiger charge is -2.11. The summed E-state index contributed by atoms with van der Waals surface area (Å²) in [4.78, 5) is 0. The summed E-state index contributed by atoms with van der Waals surface area (Å²) in [6.45, 7) is 6.59. The van der Waals surface area contributed by atoms with E-state index in [2.05, 4.69) is 87.5 Å². The highest BCUT2D eigenvalue weighted by molar-refractivity contribution is 6.10. The molecule has 112 valence electrons. The number of hydrogen-bond donors (Lipinski definition) is 0. The van der Waals surface area contributed by atoms with Crippen LogP contribution in [0.15, 0.2) is 66.7 Å². The van der Waals surface area contributed by atoms with Gasteiger partial charge in [-0.25, -0.2) is 0 Å². The summed E-state index contributed by atoms with van der Waals surface area (Å²) in [5, 5.41) is 0. The third-order valence-electron chi connectivity index (χ3n) is 4.76. The Balaban J connectivity index is 2.07. The average molecular weight is 296 g/mol. The fourth-order valence-corrected chi connectivity index (χ4v) is 3.58. The number of fused-ring (bicyclic) bond motifs is 3. The van der Waals surface area contributed by atoms with Crippen LogP contribution in [0, 0.1) is 13.8 Å². The molecular weight excluding hydrogens is 276 g/mol. The quantitative estimate of drug-likeness (QED) is 0.389. The molecule has 3 aromatic carbocycles. The van der Waals surface area contributed by atoms with Crippen LogP contribution in [0.4, 0.5) is 0 Å². The first-order valence-corrected chi connectivity index (χ1v) is 8.14. The minimum atomic E-state index is 1.30. The predicted molar refractivity (Wildman–Crippen MR) is 99.4 cm³/mol. The molecule has 0 amide bonds. The molecule has 4 rings (SSSR count). The molecule has 23 heavy (non-hydrogen) atoms. The van der Waals surface area contributed by atoms with Crippen molar-refractivity contribution in [2.75, 3.05) is 0 Å². The van der Waals surface area contributed by atoms with Gasteiger partial charge in [0.2, 0.25) is 0 Å². The molecule has 0 saturated heterocycles. The first-order chi connectivity index (χ1) is 11.1. The van der Waals surface area contributed by atoms with Crippen LogP contribution in [0.1, 0.15) is 34.7 Å². The lowest BCUT2D eigenvalue weighted by Crippen LogP contribution is -1.89. The molecule has 0 radical (unpaired) electrons. The van der Waals surface area contributed by atoms with Gasteiger partial charge < -0.3 is 0 Å². The van der Waals surface area contributed by atoms with Gasteiger partial charge in [-0.05, 0) is 59.7 Å². The summed E-state index contributed by atoms with van der Waals surface area (Å²) < 4.78 is 0. The Morgan fingerprint density at radius 3 is 1.65 bits per heavy atom. The zero-order valence-corrected chi connectivity index (χ0v) is 13.9. The summed E-state index contributed by atoms with van der Waals surface area (Å²) in [6, 6.07) is 24.3. The maximum Gasteiger partial charge on any atom is -0.00635 e. The van der Waals surface area contributed by atoms with Crippen molar-refractivity contribution >= 4 is 11.1 Å². The molecule has 0 aromatic heterocycles. The topological polar surface area (TPSA) is 0 Å². The monoisotopic (exact) mass is 296 g/mol. The Labute approximate surface area is 138 Å². The standard InChI is InChI=1S/C23H20/c1-15-9-11-19-20-12-10-16(2)14-22(20)23(21(19)13-15)17(3)18-7-5-4-6-8-18/h4-14H,1-3H3. The fourth-order valence-electron chi connectivity index (χ4n) is 3.58. The molecule has 0 atom stereocenters. The van der Waals surface area contributed by atoms with Crippen LogP contribution in [0.5, 0.6) is 0 Å². The normalized spacial score (nSPS) is 12.0. The maximum absolute atomic E-state index is 2.33. The molecule has 0 heteroatoms. The molecule has 0 spiro atoms. The van der Waals surface area contributed by atoms with Gasteiger partial charge in [0.1, 0.15) is 0 Å². The SMILES string of the molecule is CC(=C1c2cc(C)ccc2-c2ccc(C)cc21)c1ccccc1. The van der Waals surface area contributed by atoms with E-state index < -0.39 is 0 Å². The van der Waals surface area contributed by atoms with Crippen LogP contribution >= 0.6 is 0 Å². The predicted octanol–water partition coefficient (Wildman–Crippen LogP) is 6.26. The van der Waals surface area contributed by atoms with E-state index in [1.165, 1.54) is 50.1 Å². The molecule has 0 saturated carbocycles. The third-order valence-corrected chi connectivity index (χ3v) is 4.76. The van der Waals surface area contributed by atoms with Crippen LogP contribution in [0.2, 0.25) is 0 Å². The molecule has 0 fully saturated rings. The lowest BCUT2D eigenvalue weighted by molar-refractivity contribution is 1.46. The molecule has 0 aliphatic heterocycles. The van der Waals surface area contributed by atoms with E-state index in [0.29, 0.717) is 0 Å². The molecular formula is C23H20. The van der Waals surface area contributed by atoms with Gasteiger partial charge in [-0.2, -0.15) is 0 Å². The van der Waals surface area contributed by atoms with Crippen molar-refractivity contribution in [3.8, 4) is 11.1 Å². The smallest absolute Gasteiger partial charge is 0.00635 e. The number of aryl methyl sites for hydroxylation is 2. The summed E-state index contributed by atoms with van der Waals surface area (Å²) in [6.07, 6.45) is 0. The Kier molecular flexibility index (Phi) is 3.20. The minimum absolute atomic E-state index is 1.30. The van der Waals surface area contributed by atoms with Crippen molar-refractivity contribution in [1.29, 1.82) is 0 Å². The van der Waals surface area contributed by atoms with E-state index in [9.17, 15) is 0 Å². The molecule has 0 bridgehead atoms. The van der Waals surface area contributed by atoms with Gasteiger partial charge in [0.15, 0.2) is 0 Å². The van der Waals surface area contributed by atoms with Crippen molar-refractivity contribution in [3.63, 3.8) is 0 Å². The van der Waals surface area contributed by atoms with E-state index in [-0.39, 0.29) is 0 Å². The van der Waals surface area contributed by atoms with E-state index in [0.717, 1.165) is 0 Å². The molecule has 0 nitrogen and oxygen atoms in total. The Hall–Kier alpha value is -2.60. The summed E-state index contributed by atoms with van der Waals surface area (Å²) in [7, 11) is 0. The zero-order chi connectivity index (χ0) is 16.0. The van der Waals surface area contributed by atoms with Crippen LogP contribution in [0.3, 0.4) is 0 Å². The highest BCUT2D eigenvalue weighted by atomic mass is 14.3. The van der Waals surface area contributed by atoms with Gasteiger partial charge in [0, 0.05) is 0 Å². The number of allylic oxidation sites excluding steroid dienone is 1. The first-order valence-electron chi connectivity index (χ1n) is 8.14. The van der Waals surface area contributed by atoms with Crippen LogP contribution < -0.4 is 0 Å². The lowest BCUT2D eigenvalue weighted by atomic mass is 9.93.